The molecule has 1 saturated heterocycles. The molecule has 9 nitrogen and oxygen atoms in total. The fourth-order valence-corrected chi connectivity index (χ4v) is 5.77. The number of carbonyl (C=O) groups is 3. The van der Waals surface area contributed by atoms with Crippen molar-refractivity contribution in [3.8, 4) is 0 Å². The van der Waals surface area contributed by atoms with E-state index in [9.17, 15) is 32.7 Å². The van der Waals surface area contributed by atoms with Gasteiger partial charge in [0.2, 0.25) is 0 Å². The molecule has 12 heteroatoms. The highest BCUT2D eigenvalue weighted by molar-refractivity contribution is 6.00. The maximum atomic E-state index is 14.1. The van der Waals surface area contributed by atoms with Crippen LogP contribution in [0.15, 0.2) is 60.7 Å². The van der Waals surface area contributed by atoms with Crippen molar-refractivity contribution in [3.63, 3.8) is 0 Å². The minimum Gasteiger partial charge on any atom is -0.389 e. The molecule has 1 fully saturated rings. The Hall–Kier alpha value is -4.42. The van der Waals surface area contributed by atoms with Crippen LogP contribution in [-0.4, -0.2) is 83.7 Å². The van der Waals surface area contributed by atoms with Crippen LogP contribution < -0.4 is 16.0 Å². The van der Waals surface area contributed by atoms with E-state index < -0.39 is 47.6 Å². The van der Waals surface area contributed by atoms with Crippen LogP contribution in [0, 0.1) is 24.4 Å². The molecule has 3 atom stereocenters. The molecule has 1 aliphatic heterocycles. The highest BCUT2D eigenvalue weighted by Crippen LogP contribution is 2.18. The molecule has 0 aliphatic carbocycles. The number of nitrogens with zero attached hydrogens (tertiary/aromatic N) is 2. The van der Waals surface area contributed by atoms with Crippen molar-refractivity contribution in [2.45, 2.75) is 58.2 Å². The predicted molar refractivity (Wildman–Crippen MR) is 174 cm³/mol. The van der Waals surface area contributed by atoms with Gasteiger partial charge in [-0.2, -0.15) is 0 Å². The van der Waals surface area contributed by atoms with Crippen molar-refractivity contribution < 1.29 is 32.7 Å². The lowest BCUT2D eigenvalue weighted by Gasteiger charge is -2.38. The van der Waals surface area contributed by atoms with Crippen LogP contribution in [0.4, 0.5) is 23.7 Å². The lowest BCUT2D eigenvalue weighted by molar-refractivity contribution is 0.0551. The van der Waals surface area contributed by atoms with E-state index in [1.54, 1.807) is 24.0 Å². The maximum absolute atomic E-state index is 14.1. The normalized spacial score (nSPS) is 15.9. The third-order valence-electron chi connectivity index (χ3n) is 7.97. The van der Waals surface area contributed by atoms with Crippen LogP contribution in [0.5, 0.6) is 0 Å². The van der Waals surface area contributed by atoms with Gasteiger partial charge >= 0.3 is 6.03 Å². The number of carbonyl (C=O) groups excluding carboxylic acids is 3. The fraction of sp³-hybridized carbons (Fsp3) is 0.400. The molecule has 4 rings (SSSR count). The standard InChI is InChI=1S/C35H42F3N5O4/c1-4-11-42(12-5-2)34(46)25-15-22(3)14-24(19-25)33(45)41-30(18-23-16-27(37)20-28(38)17-23)32(44)31-21-43(13-10-39-31)35(47)40-29-8-6-26(36)7-9-29/h6-9,14-17,19-20,30-32,39,44H,4-5,10-13,18,21H2,1-3H3,(H,40,47)(H,41,45)/t30-,31+,32?/m0/s1. The fourth-order valence-electron chi connectivity index (χ4n) is 5.77. The van der Waals surface area contributed by atoms with E-state index in [4.69, 9.17) is 0 Å². The van der Waals surface area contributed by atoms with Gasteiger partial charge in [0.25, 0.3) is 11.8 Å². The van der Waals surface area contributed by atoms with Crippen molar-refractivity contribution in [1.29, 1.82) is 0 Å². The molecule has 4 amide bonds. The van der Waals surface area contributed by atoms with Gasteiger partial charge in [0.1, 0.15) is 17.5 Å². The van der Waals surface area contributed by atoms with Crippen molar-refractivity contribution in [3.05, 3.63) is 100 Å². The zero-order valence-electron chi connectivity index (χ0n) is 26.9. The van der Waals surface area contributed by atoms with Gasteiger partial charge in [-0.25, -0.2) is 18.0 Å². The smallest absolute Gasteiger partial charge is 0.321 e. The number of amides is 4. The molecule has 1 heterocycles. The maximum Gasteiger partial charge on any atom is 0.321 e. The first-order valence-corrected chi connectivity index (χ1v) is 15.9. The number of aliphatic hydroxyl groups is 1. The number of piperazine rings is 1. The highest BCUT2D eigenvalue weighted by Gasteiger charge is 2.34. The predicted octanol–water partition coefficient (Wildman–Crippen LogP) is 4.88. The Morgan fingerprint density at radius 1 is 0.936 bits per heavy atom. The number of hydrogen-bond acceptors (Lipinski definition) is 5. The first kappa shape index (κ1) is 35.4. The number of rotatable bonds is 12. The second kappa shape index (κ2) is 16.4. The molecule has 4 N–H and O–H groups in total. The quantitative estimate of drug-likeness (QED) is 0.223. The van der Waals surface area contributed by atoms with Gasteiger partial charge in [-0.05, 0) is 91.9 Å². The third-order valence-corrected chi connectivity index (χ3v) is 7.97. The number of anilines is 1. The molecule has 0 radical (unpaired) electrons. The summed E-state index contributed by atoms with van der Waals surface area (Å²) in [6.45, 7) is 7.59. The highest BCUT2D eigenvalue weighted by atomic mass is 19.1. The molecule has 252 valence electrons. The molecule has 0 bridgehead atoms. The molecular weight excluding hydrogens is 611 g/mol. The second-order valence-electron chi connectivity index (χ2n) is 11.9. The van der Waals surface area contributed by atoms with E-state index in [1.807, 2.05) is 13.8 Å². The molecule has 1 unspecified atom stereocenters. The minimum absolute atomic E-state index is 0.0475. The van der Waals surface area contributed by atoms with Gasteiger partial charge in [-0.3, -0.25) is 9.59 Å². The Morgan fingerprint density at radius 3 is 2.21 bits per heavy atom. The number of benzene rings is 3. The number of hydrogen-bond donors (Lipinski definition) is 4. The summed E-state index contributed by atoms with van der Waals surface area (Å²) in [5.41, 5.74) is 1.85. The van der Waals surface area contributed by atoms with Crippen LogP contribution in [0.2, 0.25) is 0 Å². The van der Waals surface area contributed by atoms with E-state index in [0.29, 0.717) is 43.0 Å². The van der Waals surface area contributed by atoms with E-state index in [-0.39, 0.29) is 30.0 Å². The van der Waals surface area contributed by atoms with Crippen molar-refractivity contribution in [2.75, 3.05) is 38.0 Å². The number of aliphatic hydroxyl groups excluding tert-OH is 1. The summed E-state index contributed by atoms with van der Waals surface area (Å²) >= 11 is 0. The monoisotopic (exact) mass is 653 g/mol. The van der Waals surface area contributed by atoms with Gasteiger partial charge < -0.3 is 30.9 Å². The van der Waals surface area contributed by atoms with Gasteiger partial charge in [0, 0.05) is 55.6 Å². The second-order valence-corrected chi connectivity index (χ2v) is 11.9. The van der Waals surface area contributed by atoms with E-state index >= 15 is 0 Å². The number of nitrogens with one attached hydrogen (secondary N) is 3. The molecule has 1 aliphatic rings. The van der Waals surface area contributed by atoms with Crippen molar-refractivity contribution in [1.82, 2.24) is 20.4 Å². The summed E-state index contributed by atoms with van der Waals surface area (Å²) in [5, 5.41) is 20.3. The Morgan fingerprint density at radius 2 is 1.57 bits per heavy atom. The average Bonchev–Trinajstić information content (AvgIpc) is 3.04. The van der Waals surface area contributed by atoms with E-state index in [0.717, 1.165) is 31.0 Å². The van der Waals surface area contributed by atoms with Crippen molar-refractivity contribution in [2.24, 2.45) is 0 Å². The molecule has 0 saturated carbocycles. The van der Waals surface area contributed by atoms with Gasteiger partial charge in [0.15, 0.2) is 0 Å². The Bertz CT molecular complexity index is 1530. The van der Waals surface area contributed by atoms with Crippen LogP contribution >= 0.6 is 0 Å². The van der Waals surface area contributed by atoms with Crippen LogP contribution in [0.3, 0.4) is 0 Å². The first-order valence-electron chi connectivity index (χ1n) is 15.9. The first-order chi connectivity index (χ1) is 22.5. The molecule has 0 spiro atoms. The van der Waals surface area contributed by atoms with Crippen LogP contribution in [0.1, 0.15) is 58.5 Å². The lowest BCUT2D eigenvalue weighted by atomic mass is 9.94. The molecule has 47 heavy (non-hydrogen) atoms. The Labute approximate surface area is 273 Å². The van der Waals surface area contributed by atoms with Gasteiger partial charge in [-0.15, -0.1) is 0 Å². The van der Waals surface area contributed by atoms with Crippen LogP contribution in [0.25, 0.3) is 0 Å². The van der Waals surface area contributed by atoms with Gasteiger partial charge in [0.05, 0.1) is 18.2 Å². The molecule has 3 aromatic carbocycles. The third kappa shape index (κ3) is 9.79. The summed E-state index contributed by atoms with van der Waals surface area (Å²) < 4.78 is 41.6. The Kier molecular flexibility index (Phi) is 12.4. The zero-order valence-corrected chi connectivity index (χ0v) is 26.9. The zero-order chi connectivity index (χ0) is 34.1. The number of urea groups is 1. The molecule has 3 aromatic rings. The summed E-state index contributed by atoms with van der Waals surface area (Å²) in [4.78, 5) is 43.2. The number of halogens is 3. The van der Waals surface area contributed by atoms with Gasteiger partial charge in [-0.1, -0.05) is 13.8 Å². The van der Waals surface area contributed by atoms with Crippen molar-refractivity contribution >= 4 is 23.5 Å². The Balaban J connectivity index is 1.56. The average molecular weight is 654 g/mol. The summed E-state index contributed by atoms with van der Waals surface area (Å²) in [6.07, 6.45) is 0.138. The molecular formula is C35H42F3N5O4. The van der Waals surface area contributed by atoms with Crippen LogP contribution in [-0.2, 0) is 6.42 Å². The lowest BCUT2D eigenvalue weighted by Crippen LogP contribution is -2.62. The minimum atomic E-state index is -1.30. The molecule has 0 aromatic heterocycles. The van der Waals surface area contributed by atoms with E-state index in [2.05, 4.69) is 16.0 Å². The summed E-state index contributed by atoms with van der Waals surface area (Å²) in [7, 11) is 0. The SMILES string of the molecule is CCCN(CCC)C(=O)c1cc(C)cc(C(=O)N[C@@H](Cc2cc(F)cc(F)c2)C(O)[C@H]2CN(C(=O)Nc3ccc(F)cc3)CCN2)c1. The number of aryl methyl sites for hydroxylation is 1. The topological polar surface area (TPSA) is 114 Å². The largest absolute Gasteiger partial charge is 0.389 e. The summed E-state index contributed by atoms with van der Waals surface area (Å²) in [5.74, 6) is -2.82. The van der Waals surface area contributed by atoms with E-state index in [1.165, 1.54) is 35.2 Å². The summed E-state index contributed by atoms with van der Waals surface area (Å²) in [6, 6.07) is 10.9.